The maximum atomic E-state index is 13.4. The molecule has 1 aliphatic rings. The molecule has 1 aromatic heterocycles. The predicted molar refractivity (Wildman–Crippen MR) is 160 cm³/mol. The van der Waals surface area contributed by atoms with Crippen LogP contribution in [-0.4, -0.2) is 40.2 Å². The molecule has 0 spiro atoms. The Labute approximate surface area is 239 Å². The van der Waals surface area contributed by atoms with Crippen molar-refractivity contribution < 1.29 is 14.3 Å². The molecule has 0 radical (unpaired) electrons. The van der Waals surface area contributed by atoms with E-state index in [0.717, 1.165) is 53.3 Å². The third-order valence-electron chi connectivity index (χ3n) is 7.55. The number of aromatic nitrogens is 1. The van der Waals surface area contributed by atoms with Crippen LogP contribution in [-0.2, 0) is 24.3 Å². The van der Waals surface area contributed by atoms with E-state index in [0.29, 0.717) is 31.8 Å². The van der Waals surface area contributed by atoms with Gasteiger partial charge in [-0.25, -0.2) is 9.37 Å². The number of rotatable bonds is 12. The summed E-state index contributed by atoms with van der Waals surface area (Å²) in [6.07, 6.45) is 3.62. The number of hydrogen-bond donors (Lipinski definition) is 2. The Bertz CT molecular complexity index is 1350. The number of halogens is 1. The summed E-state index contributed by atoms with van der Waals surface area (Å²) in [7, 11) is 0. The molecular formula is C33H36FN3O2S. The van der Waals surface area contributed by atoms with Gasteiger partial charge in [-0.05, 0) is 66.8 Å². The van der Waals surface area contributed by atoms with E-state index in [9.17, 15) is 14.3 Å². The fourth-order valence-electron chi connectivity index (χ4n) is 5.36. The minimum atomic E-state index is -0.843. The molecule has 3 aromatic carbocycles. The zero-order valence-corrected chi connectivity index (χ0v) is 23.5. The van der Waals surface area contributed by atoms with Crippen LogP contribution in [0.25, 0.3) is 11.3 Å². The van der Waals surface area contributed by atoms with Gasteiger partial charge in [0.25, 0.3) is 0 Å². The normalized spacial score (nSPS) is 17.1. The monoisotopic (exact) mass is 557 g/mol. The molecule has 208 valence electrons. The summed E-state index contributed by atoms with van der Waals surface area (Å²) in [5.74, 6) is -0.339. The lowest BCUT2D eigenvalue weighted by Crippen LogP contribution is -2.28. The van der Waals surface area contributed by atoms with Crippen molar-refractivity contribution in [3.63, 3.8) is 0 Å². The van der Waals surface area contributed by atoms with Crippen LogP contribution >= 0.6 is 11.3 Å². The van der Waals surface area contributed by atoms with E-state index in [1.165, 1.54) is 11.1 Å². The molecule has 40 heavy (non-hydrogen) atoms. The SMILES string of the molecule is O=C(O)CN(Cc1ccccc1)Cc1nc(-c2ccc(NCCc3ccc([C@H]4CC[C@@H](F)CC4)cc3)cc2)cs1. The van der Waals surface area contributed by atoms with Crippen molar-refractivity contribution in [3.05, 3.63) is 106 Å². The number of carbonyl (C=O) groups is 1. The maximum Gasteiger partial charge on any atom is 0.317 e. The number of aliphatic carboxylic acids is 1. The van der Waals surface area contributed by atoms with Crippen molar-refractivity contribution in [1.29, 1.82) is 0 Å². The van der Waals surface area contributed by atoms with Crippen molar-refractivity contribution in [3.8, 4) is 11.3 Å². The lowest BCUT2D eigenvalue weighted by molar-refractivity contribution is -0.138. The second kappa shape index (κ2) is 13.7. The highest BCUT2D eigenvalue weighted by atomic mass is 32.1. The number of thiazole rings is 1. The molecule has 7 heteroatoms. The Morgan fingerprint density at radius 1 is 0.925 bits per heavy atom. The fourth-order valence-corrected chi connectivity index (χ4v) is 6.21. The number of carboxylic acids is 1. The molecule has 4 aromatic rings. The topological polar surface area (TPSA) is 65.5 Å². The van der Waals surface area contributed by atoms with E-state index in [1.807, 2.05) is 40.6 Å². The predicted octanol–water partition coefficient (Wildman–Crippen LogP) is 7.55. The van der Waals surface area contributed by atoms with Crippen LogP contribution in [0.1, 0.15) is 53.3 Å². The van der Waals surface area contributed by atoms with Crippen molar-refractivity contribution in [2.24, 2.45) is 0 Å². The average Bonchev–Trinajstić information content (AvgIpc) is 3.43. The third kappa shape index (κ3) is 7.99. The molecule has 0 amide bonds. The minimum absolute atomic E-state index is 0.0321. The van der Waals surface area contributed by atoms with Crippen LogP contribution in [0, 0.1) is 0 Å². The van der Waals surface area contributed by atoms with E-state index in [1.54, 1.807) is 11.3 Å². The van der Waals surface area contributed by atoms with Crippen LogP contribution in [0.15, 0.2) is 84.2 Å². The summed E-state index contributed by atoms with van der Waals surface area (Å²) in [5, 5.41) is 15.8. The van der Waals surface area contributed by atoms with Crippen LogP contribution in [0.4, 0.5) is 10.1 Å². The first-order valence-electron chi connectivity index (χ1n) is 14.0. The van der Waals surface area contributed by atoms with Gasteiger partial charge in [0.05, 0.1) is 18.8 Å². The van der Waals surface area contributed by atoms with Crippen LogP contribution < -0.4 is 5.32 Å². The van der Waals surface area contributed by atoms with Gasteiger partial charge in [0.15, 0.2) is 0 Å². The van der Waals surface area contributed by atoms with Gasteiger partial charge in [0, 0.05) is 29.7 Å². The van der Waals surface area contributed by atoms with Crippen LogP contribution in [0.3, 0.4) is 0 Å². The number of carboxylic acid groups (broad SMARTS) is 1. The molecule has 0 unspecified atom stereocenters. The fraction of sp³-hybridized carbons (Fsp3) is 0.333. The highest BCUT2D eigenvalue weighted by Crippen LogP contribution is 2.34. The van der Waals surface area contributed by atoms with Gasteiger partial charge in [0.2, 0.25) is 0 Å². The molecule has 1 heterocycles. The molecule has 0 saturated heterocycles. The molecular weight excluding hydrogens is 521 g/mol. The minimum Gasteiger partial charge on any atom is -0.480 e. The van der Waals surface area contributed by atoms with Gasteiger partial charge >= 0.3 is 5.97 Å². The van der Waals surface area contributed by atoms with E-state index in [-0.39, 0.29) is 6.54 Å². The van der Waals surface area contributed by atoms with Crippen LogP contribution in [0.2, 0.25) is 0 Å². The number of benzene rings is 3. The molecule has 2 N–H and O–H groups in total. The molecule has 5 rings (SSSR count). The van der Waals surface area contributed by atoms with Crippen LogP contribution in [0.5, 0.6) is 0 Å². The molecule has 0 atom stereocenters. The molecule has 1 saturated carbocycles. The first kappa shape index (κ1) is 28.0. The second-order valence-corrected chi connectivity index (χ2v) is 11.5. The first-order chi connectivity index (χ1) is 19.5. The van der Waals surface area contributed by atoms with Crippen molar-refractivity contribution in [2.45, 2.75) is 57.3 Å². The lowest BCUT2D eigenvalue weighted by Gasteiger charge is -2.24. The highest BCUT2D eigenvalue weighted by Gasteiger charge is 2.21. The Morgan fingerprint density at radius 3 is 2.35 bits per heavy atom. The second-order valence-electron chi connectivity index (χ2n) is 10.6. The van der Waals surface area contributed by atoms with E-state index in [4.69, 9.17) is 4.98 Å². The van der Waals surface area contributed by atoms with Gasteiger partial charge < -0.3 is 10.4 Å². The zero-order valence-electron chi connectivity index (χ0n) is 22.6. The highest BCUT2D eigenvalue weighted by molar-refractivity contribution is 7.09. The third-order valence-corrected chi connectivity index (χ3v) is 8.38. The summed E-state index contributed by atoms with van der Waals surface area (Å²) in [6.45, 7) is 1.86. The number of hydrogen-bond acceptors (Lipinski definition) is 5. The summed E-state index contributed by atoms with van der Waals surface area (Å²) in [6, 6.07) is 27.1. The molecule has 5 nitrogen and oxygen atoms in total. The molecule has 0 aliphatic heterocycles. The van der Waals surface area contributed by atoms with Crippen molar-refractivity contribution in [2.75, 3.05) is 18.4 Å². The van der Waals surface area contributed by atoms with Gasteiger partial charge in [-0.1, -0.05) is 66.7 Å². The summed E-state index contributed by atoms with van der Waals surface area (Å²) < 4.78 is 13.4. The number of nitrogens with one attached hydrogen (secondary N) is 1. The van der Waals surface area contributed by atoms with E-state index < -0.39 is 12.1 Å². The Balaban J connectivity index is 1.11. The van der Waals surface area contributed by atoms with Gasteiger partial charge in [-0.2, -0.15) is 0 Å². The summed E-state index contributed by atoms with van der Waals surface area (Å²) in [5.41, 5.74) is 6.73. The molecule has 0 bridgehead atoms. The maximum absolute atomic E-state index is 13.4. The van der Waals surface area contributed by atoms with Gasteiger partial charge in [0.1, 0.15) is 11.2 Å². The number of anilines is 1. The molecule has 1 aliphatic carbocycles. The Kier molecular flexibility index (Phi) is 9.58. The number of nitrogens with zero attached hydrogens (tertiary/aromatic N) is 2. The lowest BCUT2D eigenvalue weighted by atomic mass is 9.83. The summed E-state index contributed by atoms with van der Waals surface area (Å²) >= 11 is 1.56. The largest absolute Gasteiger partial charge is 0.480 e. The zero-order chi connectivity index (χ0) is 27.7. The van der Waals surface area contributed by atoms with E-state index >= 15 is 0 Å². The molecule has 1 fully saturated rings. The summed E-state index contributed by atoms with van der Waals surface area (Å²) in [4.78, 5) is 18.1. The quantitative estimate of drug-likeness (QED) is 0.188. The first-order valence-corrected chi connectivity index (χ1v) is 14.9. The van der Waals surface area contributed by atoms with Gasteiger partial charge in [-0.3, -0.25) is 9.69 Å². The Morgan fingerprint density at radius 2 is 1.65 bits per heavy atom. The standard InChI is InChI=1S/C33H36FN3O2S/c34-29-14-10-27(11-15-29)26-8-6-24(7-9-26)18-19-35-30-16-12-28(13-17-30)31-23-40-32(36-31)21-37(22-33(38)39)20-25-4-2-1-3-5-25/h1-9,12-13,16-17,23,27,29,35H,10-11,14-15,18-22H2,(H,38,39)/t27-,29+. The van der Waals surface area contributed by atoms with Gasteiger partial charge in [-0.15, -0.1) is 11.3 Å². The average molecular weight is 558 g/mol. The smallest absolute Gasteiger partial charge is 0.317 e. The van der Waals surface area contributed by atoms with E-state index in [2.05, 4.69) is 53.8 Å². The van der Waals surface area contributed by atoms with Crippen molar-refractivity contribution in [1.82, 2.24) is 9.88 Å². The van der Waals surface area contributed by atoms with Crippen molar-refractivity contribution >= 4 is 23.0 Å². The Hall–Kier alpha value is -3.55. The number of alkyl halides is 1.